The molecular formula is C24H23FN2O7. The maximum Gasteiger partial charge on any atom is 0.338 e. The Kier molecular flexibility index (Phi) is 8.36. The van der Waals surface area contributed by atoms with Gasteiger partial charge < -0.3 is 18.7 Å². The molecular weight excluding hydrogens is 447 g/mol. The van der Waals surface area contributed by atoms with Crippen molar-refractivity contribution >= 4 is 17.6 Å². The first-order valence-corrected chi connectivity index (χ1v) is 10.2. The molecule has 10 heteroatoms. The molecule has 0 fully saturated rings. The summed E-state index contributed by atoms with van der Waals surface area (Å²) in [6.45, 7) is 2.34. The summed E-state index contributed by atoms with van der Waals surface area (Å²) in [5, 5.41) is 4.01. The van der Waals surface area contributed by atoms with Crippen LogP contribution in [0.1, 0.15) is 39.8 Å². The lowest BCUT2D eigenvalue weighted by Crippen LogP contribution is -2.14. The van der Waals surface area contributed by atoms with Gasteiger partial charge in [-0.05, 0) is 48.9 Å². The fourth-order valence-corrected chi connectivity index (χ4v) is 2.79. The van der Waals surface area contributed by atoms with Crippen LogP contribution in [-0.4, -0.2) is 37.9 Å². The third-order valence-corrected chi connectivity index (χ3v) is 4.47. The molecule has 0 bridgehead atoms. The summed E-state index contributed by atoms with van der Waals surface area (Å²) in [7, 11) is 2.45. The maximum atomic E-state index is 13.2. The molecule has 34 heavy (non-hydrogen) atoms. The van der Waals surface area contributed by atoms with E-state index in [-0.39, 0.29) is 34.2 Å². The van der Waals surface area contributed by atoms with Crippen molar-refractivity contribution in [2.75, 3.05) is 20.8 Å². The Hall–Kier alpha value is -4.18. The minimum absolute atomic E-state index is 0.101. The molecule has 0 aliphatic carbocycles. The minimum atomic E-state index is -0.650. The van der Waals surface area contributed by atoms with Gasteiger partial charge in [-0.25, -0.2) is 14.0 Å². The number of nitrogens with one attached hydrogen (secondary N) is 1. The van der Waals surface area contributed by atoms with Crippen LogP contribution in [0.15, 0.2) is 59.3 Å². The molecule has 0 saturated carbocycles. The van der Waals surface area contributed by atoms with Crippen molar-refractivity contribution in [1.82, 2.24) is 10.6 Å². The van der Waals surface area contributed by atoms with Gasteiger partial charge in [0.25, 0.3) is 0 Å². The van der Waals surface area contributed by atoms with Crippen molar-refractivity contribution in [2.24, 2.45) is 0 Å². The molecule has 0 amide bonds. The molecule has 9 nitrogen and oxygen atoms in total. The van der Waals surface area contributed by atoms with E-state index in [0.29, 0.717) is 17.9 Å². The van der Waals surface area contributed by atoms with Gasteiger partial charge in [-0.15, -0.1) is 0 Å². The molecule has 0 saturated heterocycles. The van der Waals surface area contributed by atoms with E-state index in [0.717, 1.165) is 6.42 Å². The first-order chi connectivity index (χ1) is 16.4. The maximum absolute atomic E-state index is 13.2. The highest BCUT2D eigenvalue weighted by atomic mass is 19.1. The Bertz CT molecular complexity index is 1140. The normalized spacial score (nSPS) is 11.1. The molecule has 1 aromatic heterocycles. The van der Waals surface area contributed by atoms with Gasteiger partial charge in [0.1, 0.15) is 29.2 Å². The van der Waals surface area contributed by atoms with Gasteiger partial charge in [0.05, 0.1) is 32.0 Å². The molecule has 0 spiro atoms. The standard InChI is InChI=1S/C24H23FN2O7/c1-4-9-33-26-21(22-13-20(27-34-22)15-5-7-18(25)8-6-15)14-32-19-11-16(23(28)30-2)10-17(12-19)24(29)31-3/h5-8,10-14,26H,4,9H2,1-3H3. The monoisotopic (exact) mass is 470 g/mol. The van der Waals surface area contributed by atoms with Crippen LogP contribution < -0.4 is 10.2 Å². The molecule has 0 atom stereocenters. The van der Waals surface area contributed by atoms with E-state index >= 15 is 0 Å². The number of halogens is 1. The summed E-state index contributed by atoms with van der Waals surface area (Å²) >= 11 is 0. The van der Waals surface area contributed by atoms with E-state index in [1.165, 1.54) is 50.8 Å². The van der Waals surface area contributed by atoms with Crippen molar-refractivity contribution in [2.45, 2.75) is 13.3 Å². The van der Waals surface area contributed by atoms with Crippen LogP contribution in [-0.2, 0) is 14.3 Å². The van der Waals surface area contributed by atoms with Gasteiger partial charge in [-0.3, -0.25) is 10.3 Å². The van der Waals surface area contributed by atoms with Crippen molar-refractivity contribution < 1.29 is 37.6 Å². The number of hydrogen-bond acceptors (Lipinski definition) is 9. The first-order valence-electron chi connectivity index (χ1n) is 10.2. The number of aromatic nitrogens is 1. The SMILES string of the molecule is CCCONC(=COc1cc(C(=O)OC)cc(C(=O)OC)c1)c1cc(-c2ccc(F)cc2)no1. The number of rotatable bonds is 10. The summed E-state index contributed by atoms with van der Waals surface area (Å²) in [5.41, 5.74) is 4.34. The zero-order valence-electron chi connectivity index (χ0n) is 18.8. The van der Waals surface area contributed by atoms with Crippen LogP contribution in [0, 0.1) is 5.82 Å². The van der Waals surface area contributed by atoms with Gasteiger partial charge in [0.15, 0.2) is 5.76 Å². The van der Waals surface area contributed by atoms with E-state index in [2.05, 4.69) is 10.6 Å². The fraction of sp³-hybridized carbons (Fsp3) is 0.208. The van der Waals surface area contributed by atoms with E-state index < -0.39 is 11.9 Å². The molecule has 2 aromatic carbocycles. The smallest absolute Gasteiger partial charge is 0.338 e. The first kappa shape index (κ1) is 24.5. The summed E-state index contributed by atoms with van der Waals surface area (Å²) < 4.78 is 33.8. The van der Waals surface area contributed by atoms with E-state index in [1.807, 2.05) is 6.92 Å². The highest BCUT2D eigenvalue weighted by Crippen LogP contribution is 2.24. The third-order valence-electron chi connectivity index (χ3n) is 4.47. The number of hydrogen-bond donors (Lipinski definition) is 1. The number of nitrogens with zero attached hydrogens (tertiary/aromatic N) is 1. The molecule has 1 N–H and O–H groups in total. The second-order valence-corrected chi connectivity index (χ2v) is 6.91. The predicted molar refractivity (Wildman–Crippen MR) is 119 cm³/mol. The molecule has 1 heterocycles. The summed E-state index contributed by atoms with van der Waals surface area (Å²) in [6, 6.07) is 11.6. The van der Waals surface area contributed by atoms with E-state index in [4.69, 9.17) is 23.6 Å². The lowest BCUT2D eigenvalue weighted by atomic mass is 10.1. The van der Waals surface area contributed by atoms with Gasteiger partial charge in [-0.1, -0.05) is 12.1 Å². The average molecular weight is 470 g/mol. The fourth-order valence-electron chi connectivity index (χ4n) is 2.79. The van der Waals surface area contributed by atoms with Gasteiger partial charge in [0.2, 0.25) is 0 Å². The van der Waals surface area contributed by atoms with Crippen LogP contribution in [0.5, 0.6) is 5.75 Å². The molecule has 0 aliphatic rings. The number of hydroxylamine groups is 1. The highest BCUT2D eigenvalue weighted by molar-refractivity contribution is 5.96. The molecule has 3 rings (SSSR count). The van der Waals surface area contributed by atoms with Gasteiger partial charge in [0, 0.05) is 11.6 Å². The molecule has 0 unspecified atom stereocenters. The van der Waals surface area contributed by atoms with Crippen molar-refractivity contribution in [3.63, 3.8) is 0 Å². The Morgan fingerprint density at radius 2 is 1.68 bits per heavy atom. The molecule has 0 radical (unpaired) electrons. The van der Waals surface area contributed by atoms with Crippen molar-refractivity contribution in [3.8, 4) is 17.0 Å². The zero-order valence-corrected chi connectivity index (χ0v) is 18.8. The number of carbonyl (C=O) groups excluding carboxylic acids is 2. The van der Waals surface area contributed by atoms with Crippen LogP contribution in [0.2, 0.25) is 0 Å². The molecule has 3 aromatic rings. The summed E-state index contributed by atoms with van der Waals surface area (Å²) in [6.07, 6.45) is 2.03. The Morgan fingerprint density at radius 1 is 1.03 bits per heavy atom. The van der Waals surface area contributed by atoms with Crippen molar-refractivity contribution in [1.29, 1.82) is 0 Å². The summed E-state index contributed by atoms with van der Waals surface area (Å²) in [5.74, 6) is -1.23. The van der Waals surface area contributed by atoms with Crippen molar-refractivity contribution in [3.05, 3.63) is 77.5 Å². The van der Waals surface area contributed by atoms with Crippen LogP contribution in [0.4, 0.5) is 4.39 Å². The Balaban J connectivity index is 1.91. The highest BCUT2D eigenvalue weighted by Gasteiger charge is 2.16. The van der Waals surface area contributed by atoms with Crippen LogP contribution in [0.25, 0.3) is 17.0 Å². The van der Waals surface area contributed by atoms with Crippen LogP contribution in [0.3, 0.4) is 0 Å². The Morgan fingerprint density at radius 3 is 2.26 bits per heavy atom. The average Bonchev–Trinajstić information content (AvgIpc) is 3.35. The van der Waals surface area contributed by atoms with Gasteiger partial charge >= 0.3 is 11.9 Å². The largest absolute Gasteiger partial charge is 0.465 e. The summed E-state index contributed by atoms with van der Waals surface area (Å²) in [4.78, 5) is 29.4. The lowest BCUT2D eigenvalue weighted by molar-refractivity contribution is 0.0598. The predicted octanol–water partition coefficient (Wildman–Crippen LogP) is 4.36. The zero-order chi connectivity index (χ0) is 24.5. The number of carbonyl (C=O) groups is 2. The topological polar surface area (TPSA) is 109 Å². The number of esters is 2. The lowest BCUT2D eigenvalue weighted by Gasteiger charge is -2.10. The van der Waals surface area contributed by atoms with Gasteiger partial charge in [-0.2, -0.15) is 0 Å². The number of ether oxygens (including phenoxy) is 3. The Labute approximate surface area is 195 Å². The third kappa shape index (κ3) is 6.20. The molecule has 0 aliphatic heterocycles. The quantitative estimate of drug-likeness (QED) is 0.200. The minimum Gasteiger partial charge on any atom is -0.465 e. The van der Waals surface area contributed by atoms with Crippen LogP contribution >= 0.6 is 0 Å². The number of benzene rings is 2. The van der Waals surface area contributed by atoms with E-state index in [9.17, 15) is 14.0 Å². The second-order valence-electron chi connectivity index (χ2n) is 6.91. The molecule has 178 valence electrons. The second kappa shape index (κ2) is 11.6. The number of methoxy groups -OCH3 is 2. The van der Waals surface area contributed by atoms with E-state index in [1.54, 1.807) is 18.2 Å².